The smallest absolute Gasteiger partial charge is 0.104 e. The van der Waals surface area contributed by atoms with Crippen LogP contribution >= 0.6 is 0 Å². The SMILES string of the molecule is CCC(C)c1ccc(C(O)c2ccc3c(c2)COC3)cc1. The molecule has 1 N–H and O–H groups in total. The molecule has 0 saturated carbocycles. The zero-order valence-corrected chi connectivity index (χ0v) is 12.7. The Balaban J connectivity index is 1.83. The van der Waals surface area contributed by atoms with Gasteiger partial charge in [0.25, 0.3) is 0 Å². The summed E-state index contributed by atoms with van der Waals surface area (Å²) in [5.74, 6) is 0.563. The Hall–Kier alpha value is -1.64. The molecule has 0 amide bonds. The number of benzene rings is 2. The topological polar surface area (TPSA) is 29.5 Å². The fourth-order valence-corrected chi connectivity index (χ4v) is 2.80. The molecule has 0 bridgehead atoms. The molecule has 0 aromatic heterocycles. The van der Waals surface area contributed by atoms with Gasteiger partial charge in [0.15, 0.2) is 0 Å². The van der Waals surface area contributed by atoms with Crippen molar-refractivity contribution in [1.29, 1.82) is 0 Å². The number of aliphatic hydroxyl groups excluding tert-OH is 1. The van der Waals surface area contributed by atoms with Crippen LogP contribution in [0.5, 0.6) is 0 Å². The van der Waals surface area contributed by atoms with Crippen molar-refractivity contribution in [2.45, 2.75) is 45.5 Å². The second-order valence-corrected chi connectivity index (χ2v) is 5.90. The van der Waals surface area contributed by atoms with Crippen molar-refractivity contribution in [3.05, 3.63) is 70.3 Å². The highest BCUT2D eigenvalue weighted by molar-refractivity contribution is 5.38. The molecule has 2 nitrogen and oxygen atoms in total. The zero-order valence-electron chi connectivity index (χ0n) is 12.7. The van der Waals surface area contributed by atoms with Crippen LogP contribution in [0.4, 0.5) is 0 Å². The Bertz CT molecular complexity index is 616. The maximum absolute atomic E-state index is 10.6. The van der Waals surface area contributed by atoms with Gasteiger partial charge in [0.2, 0.25) is 0 Å². The highest BCUT2D eigenvalue weighted by atomic mass is 16.5. The third kappa shape index (κ3) is 2.87. The van der Waals surface area contributed by atoms with Crippen molar-refractivity contribution in [3.63, 3.8) is 0 Å². The van der Waals surface area contributed by atoms with E-state index in [4.69, 9.17) is 4.74 Å². The Labute approximate surface area is 126 Å². The van der Waals surface area contributed by atoms with Gasteiger partial charge in [-0.15, -0.1) is 0 Å². The van der Waals surface area contributed by atoms with Gasteiger partial charge in [0, 0.05) is 0 Å². The van der Waals surface area contributed by atoms with Crippen molar-refractivity contribution in [1.82, 2.24) is 0 Å². The Kier molecular flexibility index (Phi) is 4.09. The highest BCUT2D eigenvalue weighted by Gasteiger charge is 2.16. The van der Waals surface area contributed by atoms with Crippen LogP contribution in [-0.4, -0.2) is 5.11 Å². The summed E-state index contributed by atoms with van der Waals surface area (Å²) in [6, 6.07) is 14.5. The summed E-state index contributed by atoms with van der Waals surface area (Å²) < 4.78 is 5.43. The summed E-state index contributed by atoms with van der Waals surface area (Å²) in [6.45, 7) is 5.77. The average molecular weight is 282 g/mol. The van der Waals surface area contributed by atoms with E-state index in [0.29, 0.717) is 19.1 Å². The summed E-state index contributed by atoms with van der Waals surface area (Å²) in [5, 5.41) is 10.6. The molecule has 0 spiro atoms. The lowest BCUT2D eigenvalue weighted by Crippen LogP contribution is -2.01. The van der Waals surface area contributed by atoms with Gasteiger partial charge in [0.05, 0.1) is 13.2 Å². The van der Waals surface area contributed by atoms with E-state index >= 15 is 0 Å². The average Bonchev–Trinajstić information content (AvgIpc) is 3.01. The molecule has 3 rings (SSSR count). The van der Waals surface area contributed by atoms with Crippen LogP contribution in [0.1, 0.15) is 60.1 Å². The molecule has 1 aliphatic rings. The summed E-state index contributed by atoms with van der Waals surface area (Å²) in [6.07, 6.45) is 0.564. The number of hydrogen-bond acceptors (Lipinski definition) is 2. The second kappa shape index (κ2) is 6.00. The molecule has 110 valence electrons. The van der Waals surface area contributed by atoms with E-state index in [2.05, 4.69) is 38.1 Å². The van der Waals surface area contributed by atoms with Crippen molar-refractivity contribution >= 4 is 0 Å². The fraction of sp³-hybridized carbons (Fsp3) is 0.368. The molecule has 21 heavy (non-hydrogen) atoms. The number of ether oxygens (including phenoxy) is 1. The first kappa shape index (κ1) is 14.3. The molecule has 2 atom stereocenters. The number of aliphatic hydroxyl groups is 1. The van der Waals surface area contributed by atoms with Gasteiger partial charge < -0.3 is 9.84 Å². The number of rotatable bonds is 4. The highest BCUT2D eigenvalue weighted by Crippen LogP contribution is 2.28. The third-order valence-corrected chi connectivity index (χ3v) is 4.49. The lowest BCUT2D eigenvalue weighted by molar-refractivity contribution is 0.134. The minimum atomic E-state index is -0.568. The van der Waals surface area contributed by atoms with E-state index in [9.17, 15) is 5.11 Å². The molecule has 0 radical (unpaired) electrons. The Morgan fingerprint density at radius 2 is 1.57 bits per heavy atom. The minimum absolute atomic E-state index is 0.563. The summed E-state index contributed by atoms with van der Waals surface area (Å²) >= 11 is 0. The van der Waals surface area contributed by atoms with Gasteiger partial charge in [-0.1, -0.05) is 56.3 Å². The predicted octanol–water partition coefficient (Wildman–Crippen LogP) is 4.31. The molecule has 0 fully saturated rings. The molecular weight excluding hydrogens is 260 g/mol. The minimum Gasteiger partial charge on any atom is -0.384 e. The summed E-state index contributed by atoms with van der Waals surface area (Å²) in [4.78, 5) is 0. The molecule has 2 unspecified atom stereocenters. The summed E-state index contributed by atoms with van der Waals surface area (Å²) in [7, 11) is 0. The van der Waals surface area contributed by atoms with Crippen LogP contribution < -0.4 is 0 Å². The monoisotopic (exact) mass is 282 g/mol. The first-order valence-corrected chi connectivity index (χ1v) is 7.66. The van der Waals surface area contributed by atoms with Crippen LogP contribution in [0.15, 0.2) is 42.5 Å². The molecular formula is C19H22O2. The normalized spacial score (nSPS) is 16.5. The molecule has 2 heteroatoms. The predicted molar refractivity (Wildman–Crippen MR) is 84.1 cm³/mol. The molecule has 1 heterocycles. The van der Waals surface area contributed by atoms with Crippen LogP contribution in [-0.2, 0) is 18.0 Å². The van der Waals surface area contributed by atoms with Gasteiger partial charge in [-0.25, -0.2) is 0 Å². The zero-order chi connectivity index (χ0) is 14.8. The fourth-order valence-electron chi connectivity index (χ4n) is 2.80. The molecule has 0 saturated heterocycles. The van der Waals surface area contributed by atoms with Gasteiger partial charge in [-0.3, -0.25) is 0 Å². The maximum atomic E-state index is 10.6. The third-order valence-electron chi connectivity index (χ3n) is 4.49. The van der Waals surface area contributed by atoms with Crippen LogP contribution in [0.3, 0.4) is 0 Å². The Morgan fingerprint density at radius 1 is 0.952 bits per heavy atom. The van der Waals surface area contributed by atoms with Crippen LogP contribution in [0, 0.1) is 0 Å². The Morgan fingerprint density at radius 3 is 2.29 bits per heavy atom. The van der Waals surface area contributed by atoms with Crippen molar-refractivity contribution in [2.24, 2.45) is 0 Å². The molecule has 2 aromatic rings. The van der Waals surface area contributed by atoms with E-state index in [1.54, 1.807) is 0 Å². The van der Waals surface area contributed by atoms with E-state index in [-0.39, 0.29) is 0 Å². The lowest BCUT2D eigenvalue weighted by Gasteiger charge is -2.15. The standard InChI is InChI=1S/C19H22O2/c1-3-13(2)14-4-6-15(7-5-14)19(20)16-8-9-17-11-21-12-18(17)10-16/h4-10,13,19-20H,3,11-12H2,1-2H3. The maximum Gasteiger partial charge on any atom is 0.104 e. The van der Waals surface area contributed by atoms with Gasteiger partial charge in [0.1, 0.15) is 6.10 Å². The van der Waals surface area contributed by atoms with Crippen LogP contribution in [0.25, 0.3) is 0 Å². The van der Waals surface area contributed by atoms with Crippen molar-refractivity contribution in [3.8, 4) is 0 Å². The van der Waals surface area contributed by atoms with E-state index in [1.165, 1.54) is 16.7 Å². The van der Waals surface area contributed by atoms with E-state index in [1.807, 2.05) is 18.2 Å². The van der Waals surface area contributed by atoms with E-state index < -0.39 is 6.10 Å². The molecule has 1 aliphatic heterocycles. The van der Waals surface area contributed by atoms with E-state index in [0.717, 1.165) is 17.5 Å². The lowest BCUT2D eigenvalue weighted by atomic mass is 9.94. The largest absolute Gasteiger partial charge is 0.384 e. The van der Waals surface area contributed by atoms with Gasteiger partial charge in [-0.2, -0.15) is 0 Å². The molecule has 2 aromatic carbocycles. The molecule has 0 aliphatic carbocycles. The van der Waals surface area contributed by atoms with Gasteiger partial charge in [-0.05, 0) is 40.2 Å². The quantitative estimate of drug-likeness (QED) is 0.905. The van der Waals surface area contributed by atoms with Crippen LogP contribution in [0.2, 0.25) is 0 Å². The number of fused-ring (bicyclic) bond motifs is 1. The first-order valence-electron chi connectivity index (χ1n) is 7.66. The van der Waals surface area contributed by atoms with Gasteiger partial charge >= 0.3 is 0 Å². The first-order chi connectivity index (χ1) is 10.2. The van der Waals surface area contributed by atoms with Crippen molar-refractivity contribution < 1.29 is 9.84 Å². The number of hydrogen-bond donors (Lipinski definition) is 1. The van der Waals surface area contributed by atoms with Crippen molar-refractivity contribution in [2.75, 3.05) is 0 Å². The summed E-state index contributed by atoms with van der Waals surface area (Å²) in [5.41, 5.74) is 5.65. The second-order valence-electron chi connectivity index (χ2n) is 5.90.